The maximum Gasteiger partial charge on any atom is 0.253 e. The number of carbonyl (C=O) groups excluding carboxylic acids is 2. The van der Waals surface area contributed by atoms with Crippen molar-refractivity contribution in [2.45, 2.75) is 6.92 Å². The van der Waals surface area contributed by atoms with E-state index in [1.54, 1.807) is 18.3 Å². The van der Waals surface area contributed by atoms with Crippen LogP contribution in [0.3, 0.4) is 0 Å². The number of aromatic nitrogens is 1. The standard InChI is InChI=1S/C15H15N3O2/c1-11-4-6-13(7-5-11)18-14(19)10-17-15(20)12-3-2-8-16-9-12/h2-9H,10H2,1H3,(H,17,20)(H,18,19). The molecule has 2 N–H and O–H groups in total. The number of hydrogen-bond donors (Lipinski definition) is 2. The third-order valence-electron chi connectivity index (χ3n) is 2.67. The van der Waals surface area contributed by atoms with E-state index in [9.17, 15) is 9.59 Å². The van der Waals surface area contributed by atoms with Gasteiger partial charge < -0.3 is 10.6 Å². The van der Waals surface area contributed by atoms with Gasteiger partial charge in [0.05, 0.1) is 12.1 Å². The van der Waals surface area contributed by atoms with Gasteiger partial charge >= 0.3 is 0 Å². The van der Waals surface area contributed by atoms with Crippen LogP contribution in [-0.2, 0) is 4.79 Å². The number of nitrogens with one attached hydrogen (secondary N) is 2. The number of amides is 2. The van der Waals surface area contributed by atoms with Crippen LogP contribution in [0, 0.1) is 6.92 Å². The summed E-state index contributed by atoms with van der Waals surface area (Å²) in [7, 11) is 0. The van der Waals surface area contributed by atoms with Crippen LogP contribution < -0.4 is 10.6 Å². The first-order valence-electron chi connectivity index (χ1n) is 6.20. The molecule has 5 nitrogen and oxygen atoms in total. The lowest BCUT2D eigenvalue weighted by Gasteiger charge is -2.07. The van der Waals surface area contributed by atoms with Crippen LogP contribution in [0.1, 0.15) is 15.9 Å². The van der Waals surface area contributed by atoms with Gasteiger partial charge in [0.15, 0.2) is 0 Å². The molecule has 0 aliphatic carbocycles. The zero-order valence-corrected chi connectivity index (χ0v) is 11.1. The molecule has 2 rings (SSSR count). The molecule has 0 aliphatic heterocycles. The average molecular weight is 269 g/mol. The van der Waals surface area contributed by atoms with Gasteiger partial charge in [0.2, 0.25) is 5.91 Å². The highest BCUT2D eigenvalue weighted by Gasteiger charge is 2.07. The summed E-state index contributed by atoms with van der Waals surface area (Å²) in [4.78, 5) is 27.3. The lowest BCUT2D eigenvalue weighted by molar-refractivity contribution is -0.115. The van der Waals surface area contributed by atoms with Crippen LogP contribution in [0.5, 0.6) is 0 Å². The number of benzene rings is 1. The Hall–Kier alpha value is -2.69. The molecule has 0 spiro atoms. The lowest BCUT2D eigenvalue weighted by atomic mass is 10.2. The third kappa shape index (κ3) is 3.91. The van der Waals surface area contributed by atoms with Crippen molar-refractivity contribution in [3.8, 4) is 0 Å². The normalized spacial score (nSPS) is 9.85. The molecule has 2 aromatic rings. The third-order valence-corrected chi connectivity index (χ3v) is 2.67. The van der Waals surface area contributed by atoms with Gasteiger partial charge in [-0.2, -0.15) is 0 Å². The summed E-state index contributed by atoms with van der Waals surface area (Å²) in [5, 5.41) is 5.25. The second-order valence-corrected chi connectivity index (χ2v) is 4.34. The first kappa shape index (κ1) is 13.7. The first-order chi connectivity index (χ1) is 9.65. The molecule has 0 radical (unpaired) electrons. The van der Waals surface area contributed by atoms with Crippen molar-refractivity contribution in [3.63, 3.8) is 0 Å². The topological polar surface area (TPSA) is 71.1 Å². The zero-order valence-electron chi connectivity index (χ0n) is 11.1. The number of carbonyl (C=O) groups is 2. The van der Waals surface area contributed by atoms with E-state index in [2.05, 4.69) is 15.6 Å². The molecule has 0 unspecified atom stereocenters. The Morgan fingerprint density at radius 3 is 2.55 bits per heavy atom. The molecule has 5 heteroatoms. The second kappa shape index (κ2) is 6.47. The van der Waals surface area contributed by atoms with Crippen molar-refractivity contribution in [2.24, 2.45) is 0 Å². The summed E-state index contributed by atoms with van der Waals surface area (Å²) < 4.78 is 0. The maximum atomic E-state index is 11.7. The fourth-order valence-electron chi connectivity index (χ4n) is 1.60. The van der Waals surface area contributed by atoms with Crippen LogP contribution in [0.25, 0.3) is 0 Å². The number of aryl methyl sites for hydroxylation is 1. The van der Waals surface area contributed by atoms with Gasteiger partial charge in [0.1, 0.15) is 0 Å². The Balaban J connectivity index is 1.83. The van der Waals surface area contributed by atoms with Gasteiger partial charge in [-0.15, -0.1) is 0 Å². The SMILES string of the molecule is Cc1ccc(NC(=O)CNC(=O)c2cccnc2)cc1. The predicted molar refractivity (Wildman–Crippen MR) is 76.4 cm³/mol. The Morgan fingerprint density at radius 2 is 1.90 bits per heavy atom. The fraction of sp³-hybridized carbons (Fsp3) is 0.133. The summed E-state index contributed by atoms with van der Waals surface area (Å²) in [6.45, 7) is 1.89. The van der Waals surface area contributed by atoms with Crippen LogP contribution in [0.2, 0.25) is 0 Å². The van der Waals surface area contributed by atoms with Gasteiger partial charge in [-0.05, 0) is 31.2 Å². The summed E-state index contributed by atoms with van der Waals surface area (Å²) in [6, 6.07) is 10.8. The van der Waals surface area contributed by atoms with E-state index in [4.69, 9.17) is 0 Å². The predicted octanol–water partition coefficient (Wildman–Crippen LogP) is 1.76. The van der Waals surface area contributed by atoms with E-state index in [0.29, 0.717) is 11.3 Å². The van der Waals surface area contributed by atoms with Crippen molar-refractivity contribution in [2.75, 3.05) is 11.9 Å². The number of hydrogen-bond acceptors (Lipinski definition) is 3. The van der Waals surface area contributed by atoms with E-state index in [1.807, 2.05) is 31.2 Å². The van der Waals surface area contributed by atoms with Crippen molar-refractivity contribution in [3.05, 3.63) is 59.9 Å². The fourth-order valence-corrected chi connectivity index (χ4v) is 1.60. The Kier molecular flexibility index (Phi) is 4.44. The van der Waals surface area contributed by atoms with E-state index >= 15 is 0 Å². The molecule has 0 bridgehead atoms. The minimum Gasteiger partial charge on any atom is -0.343 e. The quantitative estimate of drug-likeness (QED) is 0.888. The molecular weight excluding hydrogens is 254 g/mol. The van der Waals surface area contributed by atoms with Crippen molar-refractivity contribution >= 4 is 17.5 Å². The van der Waals surface area contributed by atoms with Gasteiger partial charge in [0.25, 0.3) is 5.91 Å². The minimum absolute atomic E-state index is 0.0817. The van der Waals surface area contributed by atoms with Crippen LogP contribution in [-0.4, -0.2) is 23.3 Å². The lowest BCUT2D eigenvalue weighted by Crippen LogP contribution is -2.32. The van der Waals surface area contributed by atoms with E-state index < -0.39 is 0 Å². The molecule has 20 heavy (non-hydrogen) atoms. The van der Waals surface area contributed by atoms with Crippen molar-refractivity contribution in [1.29, 1.82) is 0 Å². The molecular formula is C15H15N3O2. The molecule has 0 saturated heterocycles. The number of nitrogens with zero attached hydrogens (tertiary/aromatic N) is 1. The molecule has 0 fully saturated rings. The monoisotopic (exact) mass is 269 g/mol. The molecule has 1 heterocycles. The molecule has 1 aromatic heterocycles. The number of pyridine rings is 1. The van der Waals surface area contributed by atoms with E-state index in [0.717, 1.165) is 5.56 Å². The Morgan fingerprint density at radius 1 is 1.15 bits per heavy atom. The van der Waals surface area contributed by atoms with E-state index in [1.165, 1.54) is 6.20 Å². The molecule has 2 amide bonds. The minimum atomic E-state index is -0.322. The Bertz CT molecular complexity index is 594. The second-order valence-electron chi connectivity index (χ2n) is 4.34. The van der Waals surface area contributed by atoms with Gasteiger partial charge in [-0.25, -0.2) is 0 Å². The van der Waals surface area contributed by atoms with Crippen LogP contribution >= 0.6 is 0 Å². The summed E-state index contributed by atoms with van der Waals surface area (Å²) in [6.07, 6.45) is 3.04. The largest absolute Gasteiger partial charge is 0.343 e. The highest BCUT2D eigenvalue weighted by atomic mass is 16.2. The van der Waals surface area contributed by atoms with Crippen molar-refractivity contribution < 1.29 is 9.59 Å². The highest BCUT2D eigenvalue weighted by Crippen LogP contribution is 2.07. The summed E-state index contributed by atoms with van der Waals surface area (Å²) >= 11 is 0. The molecule has 0 atom stereocenters. The zero-order chi connectivity index (χ0) is 14.4. The van der Waals surface area contributed by atoms with Crippen molar-refractivity contribution in [1.82, 2.24) is 10.3 Å². The smallest absolute Gasteiger partial charge is 0.253 e. The van der Waals surface area contributed by atoms with Gasteiger partial charge in [-0.1, -0.05) is 17.7 Å². The summed E-state index contributed by atoms with van der Waals surface area (Å²) in [5.41, 5.74) is 2.25. The molecule has 102 valence electrons. The number of rotatable bonds is 4. The van der Waals surface area contributed by atoms with E-state index in [-0.39, 0.29) is 18.4 Å². The average Bonchev–Trinajstić information content (AvgIpc) is 2.48. The maximum absolute atomic E-state index is 11.7. The molecule has 0 aliphatic rings. The van der Waals surface area contributed by atoms with Gasteiger partial charge in [0, 0.05) is 18.1 Å². The highest BCUT2D eigenvalue weighted by molar-refractivity contribution is 5.99. The summed E-state index contributed by atoms with van der Waals surface area (Å²) in [5.74, 6) is -0.594. The van der Waals surface area contributed by atoms with Crippen LogP contribution in [0.15, 0.2) is 48.8 Å². The Labute approximate surface area is 117 Å². The molecule has 1 aromatic carbocycles. The first-order valence-corrected chi connectivity index (χ1v) is 6.20. The number of anilines is 1. The van der Waals surface area contributed by atoms with Crippen LogP contribution in [0.4, 0.5) is 5.69 Å². The molecule has 0 saturated carbocycles. The van der Waals surface area contributed by atoms with Gasteiger partial charge in [-0.3, -0.25) is 14.6 Å².